The van der Waals surface area contributed by atoms with Crippen molar-refractivity contribution >= 4 is 12.0 Å². The molecule has 0 aliphatic heterocycles. The molecule has 0 bridgehead atoms. The summed E-state index contributed by atoms with van der Waals surface area (Å²) in [6, 6.07) is 8.25. The summed E-state index contributed by atoms with van der Waals surface area (Å²) >= 11 is 0. The number of rotatable bonds is 10. The number of nitrogens with one attached hydrogen (secondary N) is 2. The number of amides is 2. The van der Waals surface area contributed by atoms with Crippen LogP contribution in [0.5, 0.6) is 0 Å². The average molecular weight is 378 g/mol. The molecule has 27 heavy (non-hydrogen) atoms. The maximum atomic E-state index is 12.4. The Balaban J connectivity index is 2.53. The van der Waals surface area contributed by atoms with E-state index in [2.05, 4.69) is 17.2 Å². The van der Waals surface area contributed by atoms with Crippen LogP contribution in [-0.4, -0.2) is 48.0 Å². The minimum atomic E-state index is -1.11. The minimum absolute atomic E-state index is 0.275. The molecule has 1 aromatic rings. The van der Waals surface area contributed by atoms with Gasteiger partial charge in [0.15, 0.2) is 0 Å². The number of carbonyl (C=O) groups excluding carboxylic acids is 2. The molecule has 1 rings (SSSR count). The molecule has 7 nitrogen and oxygen atoms in total. The van der Waals surface area contributed by atoms with Crippen LogP contribution < -0.4 is 10.6 Å². The third kappa shape index (κ3) is 9.77. The van der Waals surface area contributed by atoms with E-state index in [0.717, 1.165) is 5.56 Å². The van der Waals surface area contributed by atoms with Gasteiger partial charge < -0.3 is 25.2 Å². The second-order valence-electron chi connectivity index (χ2n) is 7.11. The molecule has 0 saturated heterocycles. The van der Waals surface area contributed by atoms with Crippen LogP contribution in [0.25, 0.3) is 0 Å². The molecule has 0 fully saturated rings. The minimum Gasteiger partial charge on any atom is -0.444 e. The normalized spacial score (nSPS) is 13.3. The Bertz CT molecular complexity index is 598. The smallest absolute Gasteiger partial charge is 0.408 e. The summed E-state index contributed by atoms with van der Waals surface area (Å²) in [5.74, 6) is -0.515. The van der Waals surface area contributed by atoms with Crippen molar-refractivity contribution in [3.8, 4) is 0 Å². The van der Waals surface area contributed by atoms with Gasteiger partial charge in [-0.25, -0.2) is 4.79 Å². The standard InChI is InChI=1S/C20H30N2O5/c1-5-9-16(14-26-13-15-10-7-6-8-11-15)21-18(24)17(12-23)22-19(25)27-20(2,3)4/h5-8,10-11,16-17,23H,1,9,12-14H2,2-4H3,(H,21,24)(H,22,25)/t16-,17+/m0/s1. The van der Waals surface area contributed by atoms with Crippen molar-refractivity contribution in [1.82, 2.24) is 10.6 Å². The highest BCUT2D eigenvalue weighted by molar-refractivity contribution is 5.86. The number of aliphatic hydroxyl groups excluding tert-OH is 1. The number of alkyl carbamates (subject to hydrolysis) is 1. The average Bonchev–Trinajstić information content (AvgIpc) is 2.59. The fourth-order valence-corrected chi connectivity index (χ4v) is 2.21. The number of ether oxygens (including phenoxy) is 2. The van der Waals surface area contributed by atoms with Crippen LogP contribution in [0.15, 0.2) is 43.0 Å². The molecule has 0 unspecified atom stereocenters. The van der Waals surface area contributed by atoms with E-state index in [1.165, 1.54) is 0 Å². The molecule has 2 atom stereocenters. The molecular formula is C20H30N2O5. The Morgan fingerprint density at radius 1 is 1.22 bits per heavy atom. The lowest BCUT2D eigenvalue weighted by Crippen LogP contribution is -2.53. The van der Waals surface area contributed by atoms with Crippen molar-refractivity contribution < 1.29 is 24.2 Å². The molecule has 1 aromatic carbocycles. The molecule has 3 N–H and O–H groups in total. The summed E-state index contributed by atoms with van der Waals surface area (Å²) in [5, 5.41) is 14.5. The van der Waals surface area contributed by atoms with E-state index in [0.29, 0.717) is 13.0 Å². The van der Waals surface area contributed by atoms with Crippen molar-refractivity contribution in [3.05, 3.63) is 48.6 Å². The predicted molar refractivity (Wildman–Crippen MR) is 103 cm³/mol. The molecule has 2 amide bonds. The zero-order chi connectivity index (χ0) is 20.3. The van der Waals surface area contributed by atoms with Crippen LogP contribution in [-0.2, 0) is 20.9 Å². The zero-order valence-corrected chi connectivity index (χ0v) is 16.2. The van der Waals surface area contributed by atoms with E-state index in [-0.39, 0.29) is 12.6 Å². The van der Waals surface area contributed by atoms with Gasteiger partial charge >= 0.3 is 6.09 Å². The maximum absolute atomic E-state index is 12.4. The van der Waals surface area contributed by atoms with E-state index in [1.807, 2.05) is 30.3 Å². The Hall–Kier alpha value is -2.38. The van der Waals surface area contributed by atoms with Gasteiger partial charge in [-0.3, -0.25) is 4.79 Å². The van der Waals surface area contributed by atoms with Crippen LogP contribution in [0.4, 0.5) is 4.79 Å². The van der Waals surface area contributed by atoms with Crippen LogP contribution in [0.3, 0.4) is 0 Å². The Labute approximate surface area is 160 Å². The van der Waals surface area contributed by atoms with E-state index >= 15 is 0 Å². The Kier molecular flexibility index (Phi) is 9.53. The van der Waals surface area contributed by atoms with Gasteiger partial charge in [-0.05, 0) is 32.8 Å². The van der Waals surface area contributed by atoms with E-state index in [4.69, 9.17) is 9.47 Å². The first kappa shape index (κ1) is 22.7. The Morgan fingerprint density at radius 2 is 1.89 bits per heavy atom. The first-order valence-electron chi connectivity index (χ1n) is 8.88. The molecule has 0 heterocycles. The molecule has 0 aromatic heterocycles. The SMILES string of the molecule is C=CC[C@@H](COCc1ccccc1)NC(=O)[C@@H](CO)NC(=O)OC(C)(C)C. The zero-order valence-electron chi connectivity index (χ0n) is 16.2. The summed E-state index contributed by atoms with van der Waals surface area (Å²) in [7, 11) is 0. The second-order valence-corrected chi connectivity index (χ2v) is 7.11. The van der Waals surface area contributed by atoms with Crippen LogP contribution >= 0.6 is 0 Å². The van der Waals surface area contributed by atoms with Crippen LogP contribution in [0, 0.1) is 0 Å². The summed E-state index contributed by atoms with van der Waals surface area (Å²) in [6.45, 7) is 8.97. The van der Waals surface area contributed by atoms with Gasteiger partial charge in [-0.2, -0.15) is 0 Å². The number of hydrogen-bond acceptors (Lipinski definition) is 5. The molecule has 0 saturated carbocycles. The predicted octanol–water partition coefficient (Wildman–Crippen LogP) is 2.15. The van der Waals surface area contributed by atoms with Gasteiger partial charge in [0, 0.05) is 0 Å². The third-order valence-corrected chi connectivity index (χ3v) is 3.42. The number of benzene rings is 1. The van der Waals surface area contributed by atoms with Gasteiger partial charge in [-0.1, -0.05) is 36.4 Å². The van der Waals surface area contributed by atoms with Crippen LogP contribution in [0.2, 0.25) is 0 Å². The van der Waals surface area contributed by atoms with Crippen molar-refractivity contribution in [2.24, 2.45) is 0 Å². The quantitative estimate of drug-likeness (QED) is 0.542. The first-order chi connectivity index (χ1) is 12.7. The lowest BCUT2D eigenvalue weighted by molar-refractivity contribution is -0.125. The number of carbonyl (C=O) groups is 2. The summed E-state index contributed by atoms with van der Waals surface area (Å²) in [4.78, 5) is 24.2. The van der Waals surface area contributed by atoms with Crippen molar-refractivity contribution in [3.63, 3.8) is 0 Å². The van der Waals surface area contributed by atoms with E-state index in [9.17, 15) is 14.7 Å². The highest BCUT2D eigenvalue weighted by Gasteiger charge is 2.25. The maximum Gasteiger partial charge on any atom is 0.408 e. The second kappa shape index (κ2) is 11.4. The number of aliphatic hydroxyl groups is 1. The fourth-order valence-electron chi connectivity index (χ4n) is 2.21. The van der Waals surface area contributed by atoms with Gasteiger partial charge in [-0.15, -0.1) is 6.58 Å². The first-order valence-corrected chi connectivity index (χ1v) is 8.88. The van der Waals surface area contributed by atoms with E-state index < -0.39 is 30.3 Å². The molecule has 0 radical (unpaired) electrons. The molecule has 7 heteroatoms. The monoisotopic (exact) mass is 378 g/mol. The lowest BCUT2D eigenvalue weighted by Gasteiger charge is -2.24. The van der Waals surface area contributed by atoms with Gasteiger partial charge in [0.25, 0.3) is 0 Å². The Morgan fingerprint density at radius 3 is 2.44 bits per heavy atom. The van der Waals surface area contributed by atoms with Crippen molar-refractivity contribution in [2.75, 3.05) is 13.2 Å². The highest BCUT2D eigenvalue weighted by atomic mass is 16.6. The number of hydrogen-bond donors (Lipinski definition) is 3. The van der Waals surface area contributed by atoms with Crippen molar-refractivity contribution in [2.45, 2.75) is 51.5 Å². The summed E-state index contributed by atoms with van der Waals surface area (Å²) < 4.78 is 10.8. The molecule has 0 spiro atoms. The lowest BCUT2D eigenvalue weighted by atomic mass is 10.2. The molecule has 150 valence electrons. The highest BCUT2D eigenvalue weighted by Crippen LogP contribution is 2.07. The summed E-state index contributed by atoms with van der Waals surface area (Å²) in [6.07, 6.45) is 1.40. The van der Waals surface area contributed by atoms with E-state index in [1.54, 1.807) is 26.8 Å². The molecule has 0 aliphatic carbocycles. The fraction of sp³-hybridized carbons (Fsp3) is 0.500. The van der Waals surface area contributed by atoms with Gasteiger partial charge in [0.1, 0.15) is 11.6 Å². The van der Waals surface area contributed by atoms with Gasteiger partial charge in [0.05, 0.1) is 25.9 Å². The summed E-state index contributed by atoms with van der Waals surface area (Å²) in [5.41, 5.74) is 0.332. The van der Waals surface area contributed by atoms with Crippen molar-refractivity contribution in [1.29, 1.82) is 0 Å². The topological polar surface area (TPSA) is 96.9 Å². The van der Waals surface area contributed by atoms with Crippen LogP contribution in [0.1, 0.15) is 32.8 Å². The van der Waals surface area contributed by atoms with Gasteiger partial charge in [0.2, 0.25) is 5.91 Å². The third-order valence-electron chi connectivity index (χ3n) is 3.42. The largest absolute Gasteiger partial charge is 0.444 e. The molecular weight excluding hydrogens is 348 g/mol. The molecule has 0 aliphatic rings.